The summed E-state index contributed by atoms with van der Waals surface area (Å²) in [5.41, 5.74) is 0. The van der Waals surface area contributed by atoms with E-state index in [4.69, 9.17) is 5.11 Å². The van der Waals surface area contributed by atoms with Gasteiger partial charge < -0.3 is 20.0 Å². The molecule has 12 heavy (non-hydrogen) atoms. The Morgan fingerprint density at radius 3 is 1.58 bits per heavy atom. The maximum absolute atomic E-state index is 9.98. The van der Waals surface area contributed by atoms with Gasteiger partial charge >= 0.3 is 59.1 Å². The fraction of sp³-hybridized carbons (Fsp3) is 0.333. The number of carbonyl (C=O) groups excluding carboxylic acids is 2. The minimum absolute atomic E-state index is 0. The van der Waals surface area contributed by atoms with Gasteiger partial charge in [0.1, 0.15) is 0 Å². The number of hydrogen-bond acceptors (Lipinski definition) is 3. The first-order valence-electron chi connectivity index (χ1n) is 2.76. The Hall–Kier alpha value is 0.840. The maximum atomic E-state index is 9.98. The van der Waals surface area contributed by atoms with Gasteiger partial charge in [0.25, 0.3) is 0 Å². The first-order valence-corrected chi connectivity index (χ1v) is 2.76. The van der Waals surface area contributed by atoms with Crippen LogP contribution in [0.2, 0.25) is 0 Å². The molecule has 0 bridgehead atoms. The van der Waals surface area contributed by atoms with Crippen LogP contribution in [0.4, 0.5) is 0 Å². The smallest absolute Gasteiger partial charge is 0.855 e. The monoisotopic (exact) mass is 187 g/mol. The zero-order valence-electron chi connectivity index (χ0n) is 7.53. The van der Waals surface area contributed by atoms with Crippen molar-refractivity contribution in [1.29, 1.82) is 0 Å². The average molecular weight is 187 g/mol. The minimum atomic E-state index is -0.454. The van der Waals surface area contributed by atoms with E-state index in [0.717, 1.165) is 12.2 Å². The average Bonchev–Trinajstić information content (AvgIpc) is 2.17. The fourth-order valence-electron chi connectivity index (χ4n) is 0.326. The van der Waals surface area contributed by atoms with Gasteiger partial charge in [0.05, 0.1) is 11.8 Å². The molecule has 0 N–H and O–H groups in total. The van der Waals surface area contributed by atoms with Gasteiger partial charge in [-0.15, -0.1) is 6.61 Å². The van der Waals surface area contributed by atoms with Crippen molar-refractivity contribution in [3.05, 3.63) is 17.5 Å². The molecule has 1 aliphatic rings. The predicted octanol–water partition coefficient (Wildman–Crippen LogP) is -6.64. The van der Waals surface area contributed by atoms with Crippen molar-refractivity contribution in [2.24, 2.45) is 0 Å². The normalized spacial score (nSPS) is 11.8. The molecule has 0 saturated heterocycles. The van der Waals surface area contributed by atoms with Gasteiger partial charge in [-0.25, -0.2) is 0 Å². The summed E-state index contributed by atoms with van der Waals surface area (Å²) >= 11 is 0. The number of carbonyl (C=O) groups is 2. The zero-order chi connectivity index (χ0) is 7.98. The molecule has 0 fully saturated rings. The van der Waals surface area contributed by atoms with E-state index in [1.54, 1.807) is 6.92 Å². The molecule has 0 atom stereocenters. The van der Waals surface area contributed by atoms with Crippen molar-refractivity contribution in [3.8, 4) is 0 Å². The molecule has 0 aromatic heterocycles. The number of rotatable bonds is 0. The zero-order valence-corrected chi connectivity index (χ0v) is 11.5. The van der Waals surface area contributed by atoms with Crippen LogP contribution in [0.15, 0.2) is 12.2 Å². The summed E-state index contributed by atoms with van der Waals surface area (Å²) in [5.74, 6) is -0.907. The Bertz CT molecular complexity index is 154. The number of imide groups is 1. The third-order valence-electron chi connectivity index (χ3n) is 0.589. The number of hydrogen-bond donors (Lipinski definition) is 0. The first kappa shape index (κ1) is 18.6. The van der Waals surface area contributed by atoms with Gasteiger partial charge in [-0.1, -0.05) is 6.92 Å². The molecule has 56 valence electrons. The Kier molecular flexibility index (Phi) is 18.3. The minimum Gasteiger partial charge on any atom is -0.855 e. The Morgan fingerprint density at radius 2 is 1.50 bits per heavy atom. The second-order valence-corrected chi connectivity index (χ2v) is 1.41. The van der Waals surface area contributed by atoms with Crippen molar-refractivity contribution >= 4 is 11.8 Å². The van der Waals surface area contributed by atoms with Crippen molar-refractivity contribution < 1.29 is 73.8 Å². The van der Waals surface area contributed by atoms with E-state index in [-0.39, 0.29) is 65.7 Å². The number of amides is 2. The summed E-state index contributed by atoms with van der Waals surface area (Å²) in [5, 5.41) is 11.9. The summed E-state index contributed by atoms with van der Waals surface area (Å²) < 4.78 is 0. The van der Waals surface area contributed by atoms with E-state index in [1.807, 2.05) is 0 Å². The van der Waals surface area contributed by atoms with Gasteiger partial charge in [0.2, 0.25) is 0 Å². The summed E-state index contributed by atoms with van der Waals surface area (Å²) in [4.78, 5) is 20.0. The van der Waals surface area contributed by atoms with Gasteiger partial charge in [-0.2, -0.15) is 0 Å². The van der Waals surface area contributed by atoms with Crippen LogP contribution in [0.5, 0.6) is 0 Å². The molecule has 2 amide bonds. The van der Waals surface area contributed by atoms with E-state index < -0.39 is 11.8 Å². The van der Waals surface area contributed by atoms with E-state index in [2.05, 4.69) is 5.32 Å². The number of nitrogens with zero attached hydrogens (tertiary/aromatic N) is 1. The van der Waals surface area contributed by atoms with Crippen LogP contribution < -0.4 is 64.2 Å². The summed E-state index contributed by atoms with van der Waals surface area (Å²) in [7, 11) is 0. The SMILES string of the molecule is CC[O-].O=C1C=CC(=O)[N-]1.[Na+].[Na+]. The third-order valence-corrected chi connectivity index (χ3v) is 0.589. The molecule has 0 aliphatic carbocycles. The second-order valence-electron chi connectivity index (χ2n) is 1.41. The van der Waals surface area contributed by atoms with Gasteiger partial charge in [0, 0.05) is 0 Å². The summed E-state index contributed by atoms with van der Waals surface area (Å²) in [6.45, 7) is 1.57. The Labute approximate surface area is 115 Å². The van der Waals surface area contributed by atoms with Gasteiger partial charge in [-0.3, -0.25) is 0 Å². The van der Waals surface area contributed by atoms with E-state index in [9.17, 15) is 9.59 Å². The van der Waals surface area contributed by atoms with Crippen LogP contribution in [-0.2, 0) is 9.59 Å². The Balaban J connectivity index is -0.000000146. The van der Waals surface area contributed by atoms with Crippen LogP contribution in [0.3, 0.4) is 0 Å². The van der Waals surface area contributed by atoms with Crippen molar-refractivity contribution in [1.82, 2.24) is 0 Å². The van der Waals surface area contributed by atoms with Crippen molar-refractivity contribution in [2.75, 3.05) is 6.61 Å². The molecule has 0 aromatic rings. The Morgan fingerprint density at radius 1 is 1.25 bits per heavy atom. The summed E-state index contributed by atoms with van der Waals surface area (Å²) in [6, 6.07) is 0. The summed E-state index contributed by atoms with van der Waals surface area (Å²) in [6.07, 6.45) is 2.28. The molecule has 1 rings (SSSR count). The quantitative estimate of drug-likeness (QED) is 0.279. The van der Waals surface area contributed by atoms with Gasteiger partial charge in [-0.05, 0) is 12.2 Å². The molecule has 1 aliphatic heterocycles. The van der Waals surface area contributed by atoms with Crippen LogP contribution in [0.1, 0.15) is 6.92 Å². The third kappa shape index (κ3) is 10.8. The first-order chi connectivity index (χ1) is 4.70. The van der Waals surface area contributed by atoms with E-state index in [0.29, 0.717) is 0 Å². The van der Waals surface area contributed by atoms with E-state index >= 15 is 0 Å². The molecule has 0 saturated carbocycles. The van der Waals surface area contributed by atoms with Crippen LogP contribution >= 0.6 is 0 Å². The standard InChI is InChI=1S/C4H3NO2.C2H5O.2Na/c6-3-1-2-4(7)5-3;1-2-3;;/h1-2H,(H,5,6,7);2H2,1H3;;/q;-1;2*+1/p-1. The molecule has 4 nitrogen and oxygen atoms in total. The predicted molar refractivity (Wildman–Crippen MR) is 33.1 cm³/mol. The molecular weight excluding hydrogens is 180 g/mol. The molecule has 0 radical (unpaired) electrons. The molecule has 6 heteroatoms. The topological polar surface area (TPSA) is 71.3 Å². The molecule has 0 aromatic carbocycles. The second kappa shape index (κ2) is 11.8. The molecule has 1 heterocycles. The largest absolute Gasteiger partial charge is 1.00 e. The van der Waals surface area contributed by atoms with E-state index in [1.165, 1.54) is 0 Å². The van der Waals surface area contributed by atoms with Crippen LogP contribution in [-0.4, -0.2) is 18.4 Å². The molecular formula is C6H7NNa2O3. The molecule has 0 spiro atoms. The fourth-order valence-corrected chi connectivity index (χ4v) is 0.326. The van der Waals surface area contributed by atoms with Crippen molar-refractivity contribution in [3.63, 3.8) is 0 Å². The van der Waals surface area contributed by atoms with Crippen LogP contribution in [0.25, 0.3) is 5.32 Å². The van der Waals surface area contributed by atoms with Gasteiger partial charge in [0.15, 0.2) is 0 Å². The van der Waals surface area contributed by atoms with Crippen molar-refractivity contribution in [2.45, 2.75) is 6.92 Å². The maximum Gasteiger partial charge on any atom is 1.00 e. The van der Waals surface area contributed by atoms with Crippen LogP contribution in [0, 0.1) is 0 Å². The molecule has 0 unspecified atom stereocenters.